The lowest BCUT2D eigenvalue weighted by atomic mass is 9.81. The van der Waals surface area contributed by atoms with Crippen LogP contribution in [0.25, 0.3) is 0 Å². The lowest BCUT2D eigenvalue weighted by Crippen LogP contribution is -2.30. The molecule has 8 heteroatoms. The number of methoxy groups -OCH3 is 1. The highest BCUT2D eigenvalue weighted by molar-refractivity contribution is 7.89. The van der Waals surface area contributed by atoms with Crippen molar-refractivity contribution in [2.75, 3.05) is 7.11 Å². The Kier molecular flexibility index (Phi) is 6.35. The van der Waals surface area contributed by atoms with Crippen molar-refractivity contribution in [3.05, 3.63) is 59.2 Å². The first-order valence-corrected chi connectivity index (χ1v) is 12.4. The summed E-state index contributed by atoms with van der Waals surface area (Å²) in [5.41, 5.74) is 2.00. The molecule has 32 heavy (non-hydrogen) atoms. The maximum atomic E-state index is 13.0. The number of rotatable bonds is 7. The van der Waals surface area contributed by atoms with Gasteiger partial charge in [-0.25, -0.2) is 13.1 Å². The van der Waals surface area contributed by atoms with E-state index in [9.17, 15) is 18.0 Å². The first-order valence-electron chi connectivity index (χ1n) is 10.9. The molecule has 1 aliphatic heterocycles. The average Bonchev–Trinajstić information content (AvgIpc) is 3.04. The summed E-state index contributed by atoms with van der Waals surface area (Å²) < 4.78 is 33.8. The molecule has 2 aliphatic rings. The SMILES string of the molecule is COc1cccc(CNS(=O)(=O)c2cc(CN3C(=O)[C@H]4CCCC[C@H]4C3=O)ccc2C)c1. The summed E-state index contributed by atoms with van der Waals surface area (Å²) in [4.78, 5) is 27.0. The number of imide groups is 1. The van der Waals surface area contributed by atoms with E-state index < -0.39 is 10.0 Å². The van der Waals surface area contributed by atoms with Gasteiger partial charge in [-0.3, -0.25) is 14.5 Å². The monoisotopic (exact) mass is 456 g/mol. The van der Waals surface area contributed by atoms with Gasteiger partial charge < -0.3 is 4.74 Å². The van der Waals surface area contributed by atoms with Gasteiger partial charge in [0, 0.05) is 6.54 Å². The second-order valence-electron chi connectivity index (χ2n) is 8.54. The predicted molar refractivity (Wildman–Crippen MR) is 119 cm³/mol. The molecule has 2 fully saturated rings. The number of hydrogen-bond acceptors (Lipinski definition) is 5. The lowest BCUT2D eigenvalue weighted by Gasteiger charge is -2.19. The molecular formula is C24H28N2O5S. The van der Waals surface area contributed by atoms with Crippen molar-refractivity contribution in [3.63, 3.8) is 0 Å². The number of carbonyl (C=O) groups excluding carboxylic acids is 2. The second kappa shape index (κ2) is 9.03. The quantitative estimate of drug-likeness (QED) is 0.646. The van der Waals surface area contributed by atoms with Crippen molar-refractivity contribution >= 4 is 21.8 Å². The van der Waals surface area contributed by atoms with E-state index in [2.05, 4.69) is 4.72 Å². The zero-order valence-corrected chi connectivity index (χ0v) is 19.2. The molecule has 4 rings (SSSR count). The molecule has 7 nitrogen and oxygen atoms in total. The Morgan fingerprint density at radius 3 is 2.34 bits per heavy atom. The van der Waals surface area contributed by atoms with E-state index in [1.165, 1.54) is 4.90 Å². The van der Waals surface area contributed by atoms with Gasteiger partial charge in [-0.2, -0.15) is 0 Å². The Morgan fingerprint density at radius 2 is 1.69 bits per heavy atom. The summed E-state index contributed by atoms with van der Waals surface area (Å²) in [6, 6.07) is 12.2. The van der Waals surface area contributed by atoms with E-state index in [1.54, 1.807) is 50.4 Å². The molecule has 0 radical (unpaired) electrons. The van der Waals surface area contributed by atoms with Gasteiger partial charge >= 0.3 is 0 Å². The van der Waals surface area contributed by atoms with Gasteiger partial charge in [-0.15, -0.1) is 0 Å². The number of fused-ring (bicyclic) bond motifs is 1. The van der Waals surface area contributed by atoms with Crippen LogP contribution in [0.5, 0.6) is 5.75 Å². The number of hydrogen-bond donors (Lipinski definition) is 1. The topological polar surface area (TPSA) is 92.8 Å². The molecule has 2 aromatic rings. The maximum Gasteiger partial charge on any atom is 0.241 e. The molecule has 0 unspecified atom stereocenters. The Labute approximate surface area is 188 Å². The number of likely N-dealkylation sites (tertiary alicyclic amines) is 1. The fourth-order valence-corrected chi connectivity index (χ4v) is 5.95. The molecule has 2 amide bonds. The van der Waals surface area contributed by atoms with Crippen molar-refractivity contribution < 1.29 is 22.7 Å². The zero-order valence-electron chi connectivity index (χ0n) is 18.3. The number of amides is 2. The van der Waals surface area contributed by atoms with Crippen LogP contribution in [-0.2, 0) is 32.7 Å². The highest BCUT2D eigenvalue weighted by atomic mass is 32.2. The van der Waals surface area contributed by atoms with Crippen molar-refractivity contribution in [1.29, 1.82) is 0 Å². The smallest absolute Gasteiger partial charge is 0.241 e. The molecule has 0 bridgehead atoms. The molecule has 1 heterocycles. The summed E-state index contributed by atoms with van der Waals surface area (Å²) >= 11 is 0. The normalized spacial score (nSPS) is 21.0. The molecule has 0 spiro atoms. The Morgan fingerprint density at radius 1 is 1.00 bits per heavy atom. The summed E-state index contributed by atoms with van der Waals surface area (Å²) in [5, 5.41) is 0. The van der Waals surface area contributed by atoms with E-state index in [4.69, 9.17) is 4.74 Å². The molecule has 1 aliphatic carbocycles. The predicted octanol–water partition coefficient (Wildman–Crippen LogP) is 3.16. The van der Waals surface area contributed by atoms with Crippen LogP contribution in [-0.4, -0.2) is 32.2 Å². The second-order valence-corrected chi connectivity index (χ2v) is 10.3. The van der Waals surface area contributed by atoms with Crippen LogP contribution in [0.15, 0.2) is 47.4 Å². The number of ether oxygens (including phenoxy) is 1. The van der Waals surface area contributed by atoms with Gasteiger partial charge in [0.05, 0.1) is 30.4 Å². The first kappa shape index (κ1) is 22.5. The molecular weight excluding hydrogens is 428 g/mol. The van der Waals surface area contributed by atoms with E-state index in [0.29, 0.717) is 16.9 Å². The third-order valence-corrected chi connectivity index (χ3v) is 7.96. The minimum atomic E-state index is -3.79. The standard InChI is InChI=1S/C24H28N2O5S/c1-16-10-11-18(15-26-23(27)20-8-3-4-9-21(20)24(26)28)13-22(16)32(29,30)25-14-17-6-5-7-19(12-17)31-2/h5-7,10-13,20-21,25H,3-4,8-9,14-15H2,1-2H3/t20-,21+. The minimum Gasteiger partial charge on any atom is -0.497 e. The molecule has 0 aromatic heterocycles. The Bertz CT molecular complexity index is 1120. The van der Waals surface area contributed by atoms with Gasteiger partial charge in [0.1, 0.15) is 5.75 Å². The lowest BCUT2D eigenvalue weighted by molar-refractivity contribution is -0.140. The van der Waals surface area contributed by atoms with Crippen LogP contribution < -0.4 is 9.46 Å². The minimum absolute atomic E-state index is 0.101. The largest absolute Gasteiger partial charge is 0.497 e. The highest BCUT2D eigenvalue weighted by Gasteiger charge is 2.47. The molecule has 170 valence electrons. The van der Waals surface area contributed by atoms with Crippen LogP contribution in [0.2, 0.25) is 0 Å². The van der Waals surface area contributed by atoms with E-state index in [0.717, 1.165) is 31.2 Å². The number of benzene rings is 2. The van der Waals surface area contributed by atoms with Gasteiger partial charge in [-0.05, 0) is 54.7 Å². The number of nitrogens with one attached hydrogen (secondary N) is 1. The highest BCUT2D eigenvalue weighted by Crippen LogP contribution is 2.38. The Hall–Kier alpha value is -2.71. The van der Waals surface area contributed by atoms with Crippen molar-refractivity contribution in [3.8, 4) is 5.75 Å². The summed E-state index contributed by atoms with van der Waals surface area (Å²) in [6.45, 7) is 1.95. The van der Waals surface area contributed by atoms with Crippen LogP contribution in [0, 0.1) is 18.8 Å². The van der Waals surface area contributed by atoms with Gasteiger partial charge in [0.15, 0.2) is 0 Å². The fraction of sp³-hybridized carbons (Fsp3) is 0.417. The van der Waals surface area contributed by atoms with Crippen LogP contribution in [0.1, 0.15) is 42.4 Å². The average molecular weight is 457 g/mol. The summed E-state index contributed by atoms with van der Waals surface area (Å²) in [5.74, 6) is -0.0223. The van der Waals surface area contributed by atoms with E-state index >= 15 is 0 Å². The number of sulfonamides is 1. The summed E-state index contributed by atoms with van der Waals surface area (Å²) in [7, 11) is -2.23. The zero-order chi connectivity index (χ0) is 22.9. The number of carbonyl (C=O) groups is 2. The van der Waals surface area contributed by atoms with Crippen LogP contribution in [0.4, 0.5) is 0 Å². The third-order valence-electron chi connectivity index (χ3n) is 6.42. The third kappa shape index (κ3) is 4.42. The molecule has 1 N–H and O–H groups in total. The van der Waals surface area contributed by atoms with Crippen LogP contribution >= 0.6 is 0 Å². The number of nitrogens with zero attached hydrogens (tertiary/aromatic N) is 1. The van der Waals surface area contributed by atoms with Crippen molar-refractivity contribution in [1.82, 2.24) is 9.62 Å². The Balaban J connectivity index is 1.52. The molecule has 2 atom stereocenters. The first-order chi connectivity index (χ1) is 15.3. The van der Waals surface area contributed by atoms with Crippen molar-refractivity contribution in [2.24, 2.45) is 11.8 Å². The molecule has 1 saturated heterocycles. The maximum absolute atomic E-state index is 13.0. The van der Waals surface area contributed by atoms with Gasteiger partial charge in [-0.1, -0.05) is 37.1 Å². The van der Waals surface area contributed by atoms with E-state index in [-0.39, 0.29) is 41.6 Å². The summed E-state index contributed by atoms with van der Waals surface area (Å²) in [6.07, 6.45) is 3.46. The van der Waals surface area contributed by atoms with Gasteiger partial charge in [0.2, 0.25) is 21.8 Å². The molecule has 1 saturated carbocycles. The molecule has 2 aromatic carbocycles. The fourth-order valence-electron chi connectivity index (χ4n) is 4.64. The van der Waals surface area contributed by atoms with E-state index in [1.807, 2.05) is 6.07 Å². The van der Waals surface area contributed by atoms with Gasteiger partial charge in [0.25, 0.3) is 0 Å². The van der Waals surface area contributed by atoms with Crippen LogP contribution in [0.3, 0.4) is 0 Å². The number of aryl methyl sites for hydroxylation is 1. The van der Waals surface area contributed by atoms with Crippen molar-refractivity contribution in [2.45, 2.75) is 50.6 Å².